The Bertz CT molecular complexity index is 636. The Hall–Kier alpha value is -0.820. The third kappa shape index (κ3) is 7.52. The van der Waals surface area contributed by atoms with E-state index < -0.39 is 10.0 Å². The van der Waals surface area contributed by atoms with Gasteiger partial charge in [0.2, 0.25) is 15.9 Å². The van der Waals surface area contributed by atoms with Crippen LogP contribution in [0.2, 0.25) is 10.0 Å². The molecule has 0 aromatic heterocycles. The van der Waals surface area contributed by atoms with Crippen LogP contribution in [0, 0.1) is 0 Å². The van der Waals surface area contributed by atoms with Crippen molar-refractivity contribution in [2.45, 2.75) is 32.7 Å². The third-order valence-electron chi connectivity index (χ3n) is 3.23. The van der Waals surface area contributed by atoms with E-state index in [1.807, 2.05) is 0 Å². The summed E-state index contributed by atoms with van der Waals surface area (Å²) in [5.41, 5.74) is 0.670. The Labute approximate surface area is 148 Å². The molecule has 0 fully saturated rings. The number of carbonyl (C=O) groups excluding carboxylic acids is 1. The van der Waals surface area contributed by atoms with Crippen LogP contribution < -0.4 is 5.32 Å². The number of benzene rings is 1. The number of nitrogens with one attached hydrogen (secondary N) is 1. The SMILES string of the molecule is CCCCCNC(=O)CN(Cc1ccc(Cl)c(Cl)c1)S(C)(=O)=O. The van der Waals surface area contributed by atoms with Crippen molar-refractivity contribution in [3.63, 3.8) is 0 Å². The Morgan fingerprint density at radius 1 is 1.22 bits per heavy atom. The average molecular weight is 381 g/mol. The molecule has 5 nitrogen and oxygen atoms in total. The Balaban J connectivity index is 2.70. The lowest BCUT2D eigenvalue weighted by molar-refractivity contribution is -0.121. The van der Waals surface area contributed by atoms with Crippen LogP contribution >= 0.6 is 23.2 Å². The number of sulfonamides is 1. The van der Waals surface area contributed by atoms with Gasteiger partial charge in [0.25, 0.3) is 0 Å². The van der Waals surface area contributed by atoms with E-state index in [0.29, 0.717) is 22.2 Å². The van der Waals surface area contributed by atoms with Crippen LogP contribution in [0.15, 0.2) is 18.2 Å². The lowest BCUT2D eigenvalue weighted by Gasteiger charge is -2.20. The molecule has 23 heavy (non-hydrogen) atoms. The highest BCUT2D eigenvalue weighted by Crippen LogP contribution is 2.23. The summed E-state index contributed by atoms with van der Waals surface area (Å²) >= 11 is 11.8. The van der Waals surface area contributed by atoms with Crippen LogP contribution in [-0.2, 0) is 21.4 Å². The number of hydrogen-bond acceptors (Lipinski definition) is 3. The zero-order valence-electron chi connectivity index (χ0n) is 13.3. The standard InChI is InChI=1S/C15H22Cl2N2O3S/c1-3-4-5-8-18-15(20)11-19(23(2,21)22)10-12-6-7-13(16)14(17)9-12/h6-7,9H,3-5,8,10-11H2,1-2H3,(H,18,20). The molecule has 1 aromatic rings. The number of halogens is 2. The summed E-state index contributed by atoms with van der Waals surface area (Å²) < 4.78 is 24.9. The largest absolute Gasteiger partial charge is 0.355 e. The minimum atomic E-state index is -3.52. The van der Waals surface area contributed by atoms with Crippen molar-refractivity contribution in [3.8, 4) is 0 Å². The zero-order valence-corrected chi connectivity index (χ0v) is 15.6. The zero-order chi connectivity index (χ0) is 17.5. The normalized spacial score (nSPS) is 11.7. The van der Waals surface area contributed by atoms with Gasteiger partial charge in [0.15, 0.2) is 0 Å². The number of carbonyl (C=O) groups is 1. The molecule has 1 N–H and O–H groups in total. The third-order valence-corrected chi connectivity index (χ3v) is 5.17. The van der Waals surface area contributed by atoms with Crippen molar-refractivity contribution in [1.29, 1.82) is 0 Å². The van der Waals surface area contributed by atoms with Crippen LogP contribution in [-0.4, -0.2) is 38.0 Å². The highest BCUT2D eigenvalue weighted by molar-refractivity contribution is 7.88. The molecular weight excluding hydrogens is 359 g/mol. The quantitative estimate of drug-likeness (QED) is 0.669. The molecule has 0 aliphatic heterocycles. The summed E-state index contributed by atoms with van der Waals surface area (Å²) in [6, 6.07) is 4.89. The molecule has 1 rings (SSSR count). The van der Waals surface area contributed by atoms with Crippen molar-refractivity contribution in [2.75, 3.05) is 19.3 Å². The Kier molecular flexibility index (Phi) is 8.33. The highest BCUT2D eigenvalue weighted by Gasteiger charge is 2.20. The second-order valence-electron chi connectivity index (χ2n) is 5.34. The first-order chi connectivity index (χ1) is 10.7. The van der Waals surface area contributed by atoms with Crippen molar-refractivity contribution in [2.24, 2.45) is 0 Å². The van der Waals surface area contributed by atoms with Crippen LogP contribution in [0.3, 0.4) is 0 Å². The fraction of sp³-hybridized carbons (Fsp3) is 0.533. The van der Waals surface area contributed by atoms with Crippen LogP contribution in [0.4, 0.5) is 0 Å². The van der Waals surface area contributed by atoms with Gasteiger partial charge in [-0.1, -0.05) is 49.0 Å². The van der Waals surface area contributed by atoms with Crippen LogP contribution in [0.25, 0.3) is 0 Å². The number of unbranched alkanes of at least 4 members (excludes halogenated alkanes) is 2. The van der Waals surface area contributed by atoms with Crippen LogP contribution in [0.5, 0.6) is 0 Å². The van der Waals surface area contributed by atoms with E-state index >= 15 is 0 Å². The monoisotopic (exact) mass is 380 g/mol. The van der Waals surface area contributed by atoms with Crippen molar-refractivity contribution >= 4 is 39.1 Å². The number of nitrogens with zero attached hydrogens (tertiary/aromatic N) is 1. The first-order valence-electron chi connectivity index (χ1n) is 7.39. The van der Waals surface area contributed by atoms with Crippen molar-refractivity contribution in [3.05, 3.63) is 33.8 Å². The van der Waals surface area contributed by atoms with E-state index in [-0.39, 0.29) is 19.0 Å². The second kappa shape index (κ2) is 9.47. The van der Waals surface area contributed by atoms with Gasteiger partial charge in [-0.25, -0.2) is 8.42 Å². The first kappa shape index (κ1) is 20.2. The Morgan fingerprint density at radius 2 is 1.91 bits per heavy atom. The van der Waals surface area contributed by atoms with Crippen molar-refractivity contribution in [1.82, 2.24) is 9.62 Å². The van der Waals surface area contributed by atoms with Crippen molar-refractivity contribution < 1.29 is 13.2 Å². The van der Waals surface area contributed by atoms with Gasteiger partial charge in [-0.15, -0.1) is 0 Å². The molecule has 0 aliphatic carbocycles. The maximum Gasteiger partial charge on any atom is 0.235 e. The minimum Gasteiger partial charge on any atom is -0.355 e. The number of hydrogen-bond donors (Lipinski definition) is 1. The molecule has 0 atom stereocenters. The van der Waals surface area contributed by atoms with E-state index in [2.05, 4.69) is 12.2 Å². The topological polar surface area (TPSA) is 66.5 Å². The van der Waals surface area contributed by atoms with Gasteiger partial charge < -0.3 is 5.32 Å². The molecule has 0 radical (unpaired) electrons. The molecule has 0 saturated carbocycles. The fourth-order valence-electron chi connectivity index (χ4n) is 1.95. The smallest absolute Gasteiger partial charge is 0.235 e. The van der Waals surface area contributed by atoms with Gasteiger partial charge in [0, 0.05) is 13.1 Å². The number of rotatable bonds is 9. The molecule has 1 aromatic carbocycles. The minimum absolute atomic E-state index is 0.0676. The second-order valence-corrected chi connectivity index (χ2v) is 8.13. The first-order valence-corrected chi connectivity index (χ1v) is 10.00. The Morgan fingerprint density at radius 3 is 2.48 bits per heavy atom. The van der Waals surface area contributed by atoms with Gasteiger partial charge in [-0.2, -0.15) is 4.31 Å². The average Bonchev–Trinajstić information content (AvgIpc) is 2.46. The predicted molar refractivity (Wildman–Crippen MR) is 94.3 cm³/mol. The van der Waals surface area contributed by atoms with E-state index in [9.17, 15) is 13.2 Å². The molecule has 0 aliphatic rings. The van der Waals surface area contributed by atoms with Crippen LogP contribution in [0.1, 0.15) is 31.7 Å². The summed E-state index contributed by atoms with van der Waals surface area (Å²) in [5.74, 6) is -0.313. The molecule has 0 unspecified atom stereocenters. The van der Waals surface area contributed by atoms with E-state index in [4.69, 9.17) is 23.2 Å². The van der Waals surface area contributed by atoms with E-state index in [1.54, 1.807) is 18.2 Å². The van der Waals surface area contributed by atoms with Gasteiger partial charge in [0.1, 0.15) is 0 Å². The van der Waals surface area contributed by atoms with Gasteiger partial charge in [0.05, 0.1) is 22.8 Å². The fourth-order valence-corrected chi connectivity index (χ4v) is 3.01. The molecular formula is C15H22Cl2N2O3S. The highest BCUT2D eigenvalue weighted by atomic mass is 35.5. The summed E-state index contributed by atoms with van der Waals surface area (Å²) in [6.07, 6.45) is 4.05. The van der Waals surface area contributed by atoms with E-state index in [0.717, 1.165) is 29.8 Å². The molecule has 0 saturated heterocycles. The number of amides is 1. The van der Waals surface area contributed by atoms with E-state index in [1.165, 1.54) is 0 Å². The summed E-state index contributed by atoms with van der Waals surface area (Å²) in [5, 5.41) is 3.48. The molecule has 1 amide bonds. The van der Waals surface area contributed by atoms with Gasteiger partial charge in [-0.3, -0.25) is 4.79 Å². The summed E-state index contributed by atoms with van der Waals surface area (Å²) in [7, 11) is -3.52. The molecule has 0 bridgehead atoms. The summed E-state index contributed by atoms with van der Waals surface area (Å²) in [6.45, 7) is 2.48. The molecule has 8 heteroatoms. The molecule has 0 spiro atoms. The lowest BCUT2D eigenvalue weighted by Crippen LogP contribution is -2.40. The van der Waals surface area contributed by atoms with Gasteiger partial charge in [-0.05, 0) is 24.1 Å². The molecule has 130 valence electrons. The maximum absolute atomic E-state index is 11.9. The predicted octanol–water partition coefficient (Wildman–Crippen LogP) is 3.06. The van der Waals surface area contributed by atoms with Gasteiger partial charge >= 0.3 is 0 Å². The maximum atomic E-state index is 11.9. The lowest BCUT2D eigenvalue weighted by atomic mass is 10.2. The summed E-state index contributed by atoms with van der Waals surface area (Å²) in [4.78, 5) is 11.9. The molecule has 0 heterocycles.